The van der Waals surface area contributed by atoms with Crippen LogP contribution in [0.3, 0.4) is 0 Å². The molecule has 106 valence electrons. The Bertz CT molecular complexity index is 544. The van der Waals surface area contributed by atoms with Crippen molar-refractivity contribution in [1.29, 1.82) is 0 Å². The van der Waals surface area contributed by atoms with Gasteiger partial charge in [0.05, 0.1) is 4.90 Å². The lowest BCUT2D eigenvalue weighted by molar-refractivity contribution is 0.463. The monoisotopic (exact) mass is 282 g/mol. The first-order valence-electron chi connectivity index (χ1n) is 6.68. The normalized spacial score (nSPS) is 26.5. The highest BCUT2D eigenvalue weighted by atomic mass is 32.2. The molecule has 0 aromatic heterocycles. The standard InChI is InChI=1S/C14H22N2O2S/c1-10-8-16(9-11(10)2)19(17,18)14-6-4-5-13(7-14)12(3)15/h4-7,10-12H,8-9,15H2,1-3H3. The SMILES string of the molecule is CC(N)c1cccc(S(=O)(=O)N2CC(C)C(C)C2)c1. The van der Waals surface area contributed by atoms with Gasteiger partial charge in [0.15, 0.2) is 0 Å². The molecule has 0 aliphatic carbocycles. The minimum Gasteiger partial charge on any atom is -0.324 e. The Morgan fingerprint density at radius 2 is 1.84 bits per heavy atom. The van der Waals surface area contributed by atoms with Crippen LogP contribution in [0.4, 0.5) is 0 Å². The van der Waals surface area contributed by atoms with E-state index in [1.807, 2.05) is 13.0 Å². The minimum absolute atomic E-state index is 0.161. The summed E-state index contributed by atoms with van der Waals surface area (Å²) < 4.78 is 26.8. The van der Waals surface area contributed by atoms with Gasteiger partial charge in [-0.05, 0) is 36.5 Å². The Morgan fingerprint density at radius 1 is 1.26 bits per heavy atom. The van der Waals surface area contributed by atoms with Gasteiger partial charge >= 0.3 is 0 Å². The van der Waals surface area contributed by atoms with E-state index in [-0.39, 0.29) is 6.04 Å². The van der Waals surface area contributed by atoms with Gasteiger partial charge in [0.25, 0.3) is 0 Å². The lowest BCUT2D eigenvalue weighted by Crippen LogP contribution is -2.29. The summed E-state index contributed by atoms with van der Waals surface area (Å²) in [5, 5.41) is 0. The third kappa shape index (κ3) is 2.83. The zero-order chi connectivity index (χ0) is 14.2. The van der Waals surface area contributed by atoms with Crippen LogP contribution < -0.4 is 5.73 Å². The molecule has 1 aromatic rings. The predicted molar refractivity (Wildman–Crippen MR) is 76.1 cm³/mol. The van der Waals surface area contributed by atoms with Gasteiger partial charge in [0.2, 0.25) is 10.0 Å². The van der Waals surface area contributed by atoms with E-state index in [0.29, 0.717) is 29.8 Å². The van der Waals surface area contributed by atoms with Gasteiger partial charge in [-0.3, -0.25) is 0 Å². The van der Waals surface area contributed by atoms with E-state index in [4.69, 9.17) is 5.73 Å². The van der Waals surface area contributed by atoms with Gasteiger partial charge in [-0.15, -0.1) is 0 Å². The number of nitrogens with two attached hydrogens (primary N) is 1. The van der Waals surface area contributed by atoms with E-state index < -0.39 is 10.0 Å². The van der Waals surface area contributed by atoms with Crippen LogP contribution in [-0.2, 0) is 10.0 Å². The first-order valence-corrected chi connectivity index (χ1v) is 8.12. The summed E-state index contributed by atoms with van der Waals surface area (Å²) in [4.78, 5) is 0.351. The molecule has 1 heterocycles. The Balaban J connectivity index is 2.32. The third-order valence-corrected chi connectivity index (χ3v) is 5.80. The Kier molecular flexibility index (Phi) is 3.99. The van der Waals surface area contributed by atoms with E-state index >= 15 is 0 Å². The lowest BCUT2D eigenvalue weighted by atomic mass is 10.0. The van der Waals surface area contributed by atoms with E-state index in [0.717, 1.165) is 5.56 Å². The largest absolute Gasteiger partial charge is 0.324 e. The molecular formula is C14H22N2O2S. The maximum atomic E-state index is 12.6. The molecule has 0 spiro atoms. The van der Waals surface area contributed by atoms with Crippen LogP contribution >= 0.6 is 0 Å². The van der Waals surface area contributed by atoms with E-state index in [2.05, 4.69) is 13.8 Å². The van der Waals surface area contributed by atoms with Gasteiger partial charge in [-0.2, -0.15) is 4.31 Å². The van der Waals surface area contributed by atoms with Gasteiger partial charge in [0.1, 0.15) is 0 Å². The van der Waals surface area contributed by atoms with Crippen LogP contribution in [0, 0.1) is 11.8 Å². The summed E-state index contributed by atoms with van der Waals surface area (Å²) in [6, 6.07) is 6.79. The van der Waals surface area contributed by atoms with Crippen LogP contribution in [0.25, 0.3) is 0 Å². The first-order chi connectivity index (χ1) is 8.82. The molecule has 1 saturated heterocycles. The molecule has 1 aliphatic heterocycles. The highest BCUT2D eigenvalue weighted by molar-refractivity contribution is 7.89. The average molecular weight is 282 g/mol. The summed E-state index contributed by atoms with van der Waals surface area (Å²) in [5.74, 6) is 0.817. The highest BCUT2D eigenvalue weighted by Gasteiger charge is 2.34. The second-order valence-corrected chi connectivity index (χ2v) is 7.58. The van der Waals surface area contributed by atoms with Crippen molar-refractivity contribution >= 4 is 10.0 Å². The van der Waals surface area contributed by atoms with Crippen molar-refractivity contribution in [1.82, 2.24) is 4.31 Å². The number of benzene rings is 1. The van der Waals surface area contributed by atoms with Gasteiger partial charge in [-0.1, -0.05) is 26.0 Å². The summed E-state index contributed by atoms with van der Waals surface area (Å²) in [5.41, 5.74) is 6.66. The molecule has 1 fully saturated rings. The number of hydrogen-bond donors (Lipinski definition) is 1. The molecule has 4 nitrogen and oxygen atoms in total. The van der Waals surface area contributed by atoms with Crippen molar-refractivity contribution in [3.05, 3.63) is 29.8 Å². The molecule has 3 unspecified atom stereocenters. The molecule has 19 heavy (non-hydrogen) atoms. The second kappa shape index (κ2) is 5.23. The maximum absolute atomic E-state index is 12.6. The zero-order valence-corrected chi connectivity index (χ0v) is 12.5. The first kappa shape index (κ1) is 14.5. The molecule has 5 heteroatoms. The van der Waals surface area contributed by atoms with Crippen molar-refractivity contribution in [2.24, 2.45) is 17.6 Å². The molecule has 2 rings (SSSR count). The molecule has 0 saturated carbocycles. The van der Waals surface area contributed by atoms with E-state index in [9.17, 15) is 8.42 Å². The summed E-state index contributed by atoms with van der Waals surface area (Å²) in [6.45, 7) is 7.25. The number of hydrogen-bond acceptors (Lipinski definition) is 3. The van der Waals surface area contributed by atoms with Crippen molar-refractivity contribution in [2.45, 2.75) is 31.7 Å². The van der Waals surface area contributed by atoms with Crippen LogP contribution in [0.5, 0.6) is 0 Å². The lowest BCUT2D eigenvalue weighted by Gasteiger charge is -2.17. The van der Waals surface area contributed by atoms with Crippen molar-refractivity contribution in [2.75, 3.05) is 13.1 Å². The second-order valence-electron chi connectivity index (χ2n) is 5.64. The van der Waals surface area contributed by atoms with Crippen molar-refractivity contribution < 1.29 is 8.42 Å². The molecule has 1 aliphatic rings. The van der Waals surface area contributed by atoms with Gasteiger partial charge in [0, 0.05) is 19.1 Å². The summed E-state index contributed by atoms with van der Waals surface area (Å²) in [7, 11) is -3.38. The molecule has 0 radical (unpaired) electrons. The van der Waals surface area contributed by atoms with E-state index in [1.54, 1.807) is 22.5 Å². The zero-order valence-electron chi connectivity index (χ0n) is 11.7. The van der Waals surface area contributed by atoms with Crippen molar-refractivity contribution in [3.63, 3.8) is 0 Å². The highest BCUT2D eigenvalue weighted by Crippen LogP contribution is 2.28. The quantitative estimate of drug-likeness (QED) is 0.922. The predicted octanol–water partition coefficient (Wildman–Crippen LogP) is 1.98. The molecule has 2 N–H and O–H groups in total. The Labute approximate surface area is 115 Å². The van der Waals surface area contributed by atoms with Gasteiger partial charge < -0.3 is 5.73 Å². The Morgan fingerprint density at radius 3 is 2.37 bits per heavy atom. The van der Waals surface area contributed by atoms with E-state index in [1.165, 1.54) is 0 Å². The molecule has 3 atom stereocenters. The maximum Gasteiger partial charge on any atom is 0.243 e. The Hall–Kier alpha value is -0.910. The van der Waals surface area contributed by atoms with Crippen molar-refractivity contribution in [3.8, 4) is 0 Å². The molecule has 1 aromatic carbocycles. The minimum atomic E-state index is -3.38. The average Bonchev–Trinajstić information content (AvgIpc) is 2.70. The molecule has 0 bridgehead atoms. The number of sulfonamides is 1. The summed E-state index contributed by atoms with van der Waals surface area (Å²) >= 11 is 0. The third-order valence-electron chi connectivity index (χ3n) is 3.98. The number of nitrogens with zero attached hydrogens (tertiary/aromatic N) is 1. The fourth-order valence-corrected chi connectivity index (χ4v) is 4.08. The fraction of sp³-hybridized carbons (Fsp3) is 0.571. The molecular weight excluding hydrogens is 260 g/mol. The summed E-state index contributed by atoms with van der Waals surface area (Å²) in [6.07, 6.45) is 0. The van der Waals surface area contributed by atoms with Gasteiger partial charge in [-0.25, -0.2) is 8.42 Å². The van der Waals surface area contributed by atoms with Crippen LogP contribution in [-0.4, -0.2) is 25.8 Å². The number of rotatable bonds is 3. The van der Waals surface area contributed by atoms with Crippen LogP contribution in [0.2, 0.25) is 0 Å². The van der Waals surface area contributed by atoms with Crippen LogP contribution in [0.1, 0.15) is 32.4 Å². The molecule has 0 amide bonds. The topological polar surface area (TPSA) is 63.4 Å². The smallest absolute Gasteiger partial charge is 0.243 e. The van der Waals surface area contributed by atoms with Crippen LogP contribution in [0.15, 0.2) is 29.2 Å². The fourth-order valence-electron chi connectivity index (χ4n) is 2.38.